The van der Waals surface area contributed by atoms with E-state index in [1.807, 2.05) is 6.07 Å². The fourth-order valence-electron chi connectivity index (χ4n) is 2.12. The van der Waals surface area contributed by atoms with Gasteiger partial charge in [-0.3, -0.25) is 4.79 Å². The molecule has 0 fully saturated rings. The van der Waals surface area contributed by atoms with Crippen LogP contribution in [0.5, 0.6) is 0 Å². The highest BCUT2D eigenvalue weighted by molar-refractivity contribution is 6.03. The normalized spacial score (nSPS) is 10.0. The number of anilines is 3. The molecule has 0 radical (unpaired) electrons. The first kappa shape index (κ1) is 17.0. The lowest BCUT2D eigenvalue weighted by Crippen LogP contribution is -2.15. The van der Waals surface area contributed by atoms with Crippen molar-refractivity contribution in [1.29, 1.82) is 5.26 Å². The molecule has 26 heavy (non-hydrogen) atoms. The van der Waals surface area contributed by atoms with Gasteiger partial charge in [0.05, 0.1) is 11.3 Å². The second kappa shape index (κ2) is 7.36. The molecule has 1 amide bonds. The third kappa shape index (κ3) is 3.79. The van der Waals surface area contributed by atoms with Crippen molar-refractivity contribution in [3.8, 4) is 6.07 Å². The van der Waals surface area contributed by atoms with E-state index < -0.39 is 17.5 Å². The maximum Gasteiger partial charge on any atom is 0.276 e. The van der Waals surface area contributed by atoms with Crippen molar-refractivity contribution in [3.05, 3.63) is 77.5 Å². The zero-order chi connectivity index (χ0) is 18.5. The molecule has 2 aromatic carbocycles. The zero-order valence-corrected chi connectivity index (χ0v) is 13.2. The summed E-state index contributed by atoms with van der Waals surface area (Å²) in [5, 5.41) is 22.0. The smallest absolute Gasteiger partial charge is 0.276 e. The van der Waals surface area contributed by atoms with Crippen LogP contribution >= 0.6 is 0 Å². The Labute approximate surface area is 147 Å². The summed E-state index contributed by atoms with van der Waals surface area (Å²) in [5.74, 6) is -2.22. The average Bonchev–Trinajstić information content (AvgIpc) is 2.66. The number of nitrogens with zero attached hydrogens (tertiary/aromatic N) is 3. The van der Waals surface area contributed by atoms with E-state index >= 15 is 0 Å². The Morgan fingerprint density at radius 3 is 2.50 bits per heavy atom. The second-order valence-corrected chi connectivity index (χ2v) is 5.17. The number of amides is 1. The van der Waals surface area contributed by atoms with Crippen LogP contribution in [0, 0.1) is 23.0 Å². The number of carbonyl (C=O) groups is 1. The Kier molecular flexibility index (Phi) is 4.80. The van der Waals surface area contributed by atoms with Gasteiger partial charge < -0.3 is 10.6 Å². The van der Waals surface area contributed by atoms with Crippen LogP contribution in [0.1, 0.15) is 16.1 Å². The van der Waals surface area contributed by atoms with Crippen LogP contribution < -0.4 is 10.6 Å². The number of nitriles is 1. The highest BCUT2D eigenvalue weighted by Gasteiger charge is 2.11. The number of para-hydroxylation sites is 1. The maximum atomic E-state index is 13.2. The lowest BCUT2D eigenvalue weighted by Gasteiger charge is -2.07. The summed E-state index contributed by atoms with van der Waals surface area (Å²) in [7, 11) is 0. The first-order valence-corrected chi connectivity index (χ1v) is 7.43. The number of hydrogen-bond donors (Lipinski definition) is 2. The SMILES string of the molecule is N#Cc1ccccc1NC(=O)c1ccc(Nc2ccc(F)c(F)c2)nn1. The Bertz CT molecular complexity index is 999. The van der Waals surface area contributed by atoms with Crippen molar-refractivity contribution >= 4 is 23.1 Å². The average molecular weight is 351 g/mol. The number of hydrogen-bond acceptors (Lipinski definition) is 5. The van der Waals surface area contributed by atoms with Crippen LogP contribution in [0.25, 0.3) is 0 Å². The highest BCUT2D eigenvalue weighted by Crippen LogP contribution is 2.18. The van der Waals surface area contributed by atoms with Gasteiger partial charge in [0.25, 0.3) is 5.91 Å². The predicted molar refractivity (Wildman–Crippen MR) is 90.8 cm³/mol. The molecule has 2 N–H and O–H groups in total. The first-order valence-electron chi connectivity index (χ1n) is 7.43. The van der Waals surface area contributed by atoms with Crippen molar-refractivity contribution in [2.45, 2.75) is 0 Å². The Morgan fingerprint density at radius 2 is 1.81 bits per heavy atom. The maximum absolute atomic E-state index is 13.2. The summed E-state index contributed by atoms with van der Waals surface area (Å²) >= 11 is 0. The van der Waals surface area contributed by atoms with Crippen LogP contribution in [0.2, 0.25) is 0 Å². The molecule has 1 heterocycles. The predicted octanol–water partition coefficient (Wildman–Crippen LogP) is 3.62. The van der Waals surface area contributed by atoms with Crippen LogP contribution in [0.15, 0.2) is 54.6 Å². The van der Waals surface area contributed by atoms with Crippen molar-refractivity contribution in [1.82, 2.24) is 10.2 Å². The number of carbonyl (C=O) groups excluding carboxylic acids is 1. The third-order valence-corrected chi connectivity index (χ3v) is 3.38. The van der Waals surface area contributed by atoms with Gasteiger partial charge in [0.15, 0.2) is 23.1 Å². The third-order valence-electron chi connectivity index (χ3n) is 3.38. The van der Waals surface area contributed by atoms with E-state index in [4.69, 9.17) is 5.26 Å². The number of halogens is 2. The van der Waals surface area contributed by atoms with E-state index in [0.29, 0.717) is 16.9 Å². The molecular weight excluding hydrogens is 340 g/mol. The summed E-state index contributed by atoms with van der Waals surface area (Å²) < 4.78 is 26.1. The second-order valence-electron chi connectivity index (χ2n) is 5.17. The Hall–Kier alpha value is -3.86. The lowest BCUT2D eigenvalue weighted by molar-refractivity contribution is 0.102. The van der Waals surface area contributed by atoms with E-state index in [9.17, 15) is 13.6 Å². The van der Waals surface area contributed by atoms with Crippen LogP contribution in [-0.4, -0.2) is 16.1 Å². The fourth-order valence-corrected chi connectivity index (χ4v) is 2.12. The molecule has 6 nitrogen and oxygen atoms in total. The first-order chi connectivity index (χ1) is 12.6. The van der Waals surface area contributed by atoms with E-state index in [-0.39, 0.29) is 11.5 Å². The molecule has 3 aromatic rings. The molecule has 128 valence electrons. The summed E-state index contributed by atoms with van der Waals surface area (Å²) in [6, 6.07) is 14.7. The van der Waals surface area contributed by atoms with Gasteiger partial charge in [-0.1, -0.05) is 12.1 Å². The van der Waals surface area contributed by atoms with Gasteiger partial charge in [-0.05, 0) is 36.4 Å². The molecular formula is C18H11F2N5O. The largest absolute Gasteiger partial charge is 0.339 e. The van der Waals surface area contributed by atoms with Crippen LogP contribution in [0.3, 0.4) is 0 Å². The standard InChI is InChI=1S/C18H11F2N5O/c19-13-6-5-12(9-14(13)20)22-17-8-7-16(24-25-17)18(26)23-15-4-2-1-3-11(15)10-21/h1-9H,(H,22,25)(H,23,26). The van der Waals surface area contributed by atoms with Crippen LogP contribution in [0.4, 0.5) is 26.0 Å². The number of nitrogens with one attached hydrogen (secondary N) is 2. The summed E-state index contributed by atoms with van der Waals surface area (Å²) in [6.45, 7) is 0. The van der Waals surface area contributed by atoms with E-state index in [1.165, 1.54) is 18.2 Å². The minimum Gasteiger partial charge on any atom is -0.339 e. The minimum atomic E-state index is -0.991. The summed E-state index contributed by atoms with van der Waals surface area (Å²) in [5.41, 5.74) is 1.02. The van der Waals surface area contributed by atoms with E-state index in [0.717, 1.165) is 12.1 Å². The topological polar surface area (TPSA) is 90.7 Å². The molecule has 0 saturated carbocycles. The zero-order valence-electron chi connectivity index (χ0n) is 13.2. The number of rotatable bonds is 4. The summed E-state index contributed by atoms with van der Waals surface area (Å²) in [4.78, 5) is 12.2. The molecule has 0 unspecified atom stereocenters. The molecule has 0 saturated heterocycles. The number of benzene rings is 2. The molecule has 0 aliphatic heterocycles. The lowest BCUT2D eigenvalue weighted by atomic mass is 10.2. The molecule has 0 atom stereocenters. The van der Waals surface area contributed by atoms with Gasteiger partial charge in [-0.2, -0.15) is 5.26 Å². The van der Waals surface area contributed by atoms with Gasteiger partial charge in [0.2, 0.25) is 0 Å². The van der Waals surface area contributed by atoms with Gasteiger partial charge >= 0.3 is 0 Å². The summed E-state index contributed by atoms with van der Waals surface area (Å²) in [6.07, 6.45) is 0. The number of aromatic nitrogens is 2. The highest BCUT2D eigenvalue weighted by atomic mass is 19.2. The molecule has 1 aromatic heterocycles. The van der Waals surface area contributed by atoms with Crippen molar-refractivity contribution in [2.75, 3.05) is 10.6 Å². The van der Waals surface area contributed by atoms with Crippen molar-refractivity contribution in [3.63, 3.8) is 0 Å². The monoisotopic (exact) mass is 351 g/mol. The Morgan fingerprint density at radius 1 is 1.00 bits per heavy atom. The molecule has 0 bridgehead atoms. The molecule has 0 aliphatic rings. The van der Waals surface area contributed by atoms with Crippen molar-refractivity contribution in [2.24, 2.45) is 0 Å². The quantitative estimate of drug-likeness (QED) is 0.749. The van der Waals surface area contributed by atoms with Gasteiger partial charge in [0.1, 0.15) is 6.07 Å². The molecule has 3 rings (SSSR count). The van der Waals surface area contributed by atoms with E-state index in [1.54, 1.807) is 24.3 Å². The van der Waals surface area contributed by atoms with Gasteiger partial charge in [-0.25, -0.2) is 8.78 Å². The van der Waals surface area contributed by atoms with Gasteiger partial charge in [0, 0.05) is 11.8 Å². The molecule has 0 aliphatic carbocycles. The minimum absolute atomic E-state index is 0.0357. The fraction of sp³-hybridized carbons (Fsp3) is 0. The Balaban J connectivity index is 1.71. The van der Waals surface area contributed by atoms with Crippen LogP contribution in [-0.2, 0) is 0 Å². The van der Waals surface area contributed by atoms with Crippen molar-refractivity contribution < 1.29 is 13.6 Å². The van der Waals surface area contributed by atoms with E-state index in [2.05, 4.69) is 20.8 Å². The van der Waals surface area contributed by atoms with Gasteiger partial charge in [-0.15, -0.1) is 10.2 Å². The molecule has 8 heteroatoms. The molecule has 0 spiro atoms.